The number of hydrogen-bond donors (Lipinski definition) is 3. The summed E-state index contributed by atoms with van der Waals surface area (Å²) < 4.78 is 15.9. The van der Waals surface area contributed by atoms with Crippen LogP contribution in [0.1, 0.15) is 70.9 Å². The van der Waals surface area contributed by atoms with Gasteiger partial charge in [0.25, 0.3) is 0 Å². The fourth-order valence-electron chi connectivity index (χ4n) is 4.19. The number of hydrogen-bond acceptors (Lipinski definition) is 7. The van der Waals surface area contributed by atoms with E-state index in [2.05, 4.69) is 37.4 Å². The Morgan fingerprint density at radius 2 is 1.78 bits per heavy atom. The minimum Gasteiger partial charge on any atom is -0.493 e. The lowest BCUT2D eigenvalue weighted by Gasteiger charge is -2.28. The fourth-order valence-corrected chi connectivity index (χ4v) is 4.19. The maximum Gasteiger partial charge on any atom is 0.302 e. The van der Waals surface area contributed by atoms with Crippen molar-refractivity contribution in [3.63, 3.8) is 0 Å². The summed E-state index contributed by atoms with van der Waals surface area (Å²) >= 11 is 0. The molecule has 1 rings (SSSR count). The Morgan fingerprint density at radius 3 is 2.43 bits per heavy atom. The van der Waals surface area contributed by atoms with Gasteiger partial charge in [0.15, 0.2) is 0 Å². The highest BCUT2D eigenvalue weighted by atomic mass is 16.5. The van der Waals surface area contributed by atoms with Crippen LogP contribution in [0.2, 0.25) is 0 Å². The van der Waals surface area contributed by atoms with Crippen LogP contribution in [0.5, 0.6) is 5.75 Å². The molecule has 1 aromatic carbocycles. The molecule has 0 saturated heterocycles. The van der Waals surface area contributed by atoms with Crippen LogP contribution < -0.4 is 15.8 Å². The van der Waals surface area contributed by atoms with Crippen LogP contribution in [0, 0.1) is 24.7 Å². The van der Waals surface area contributed by atoms with Gasteiger partial charge in [-0.25, -0.2) is 0 Å². The van der Waals surface area contributed by atoms with Crippen LogP contribution in [0.15, 0.2) is 18.2 Å². The number of methoxy groups -OCH3 is 1. The number of aliphatic hydroxyl groups excluding tert-OH is 1. The van der Waals surface area contributed by atoms with Crippen LogP contribution in [0.4, 0.5) is 0 Å². The molecule has 0 radical (unpaired) electrons. The van der Waals surface area contributed by atoms with E-state index in [-0.39, 0.29) is 23.7 Å². The van der Waals surface area contributed by atoms with Crippen LogP contribution >= 0.6 is 0 Å². The van der Waals surface area contributed by atoms with Gasteiger partial charge in [-0.3, -0.25) is 9.59 Å². The maximum atomic E-state index is 12.4. The third kappa shape index (κ3) is 13.8. The lowest BCUT2D eigenvalue weighted by Crippen LogP contribution is -2.41. The molecule has 0 aliphatic rings. The average Bonchev–Trinajstić information content (AvgIpc) is 2.84. The summed E-state index contributed by atoms with van der Waals surface area (Å²) in [6.45, 7) is 11.7. The average molecular weight is 523 g/mol. The van der Waals surface area contributed by atoms with Gasteiger partial charge >= 0.3 is 5.97 Å². The summed E-state index contributed by atoms with van der Waals surface area (Å²) in [6.07, 6.45) is 3.33. The Hall–Kier alpha value is -2.16. The molecule has 0 spiro atoms. The molecule has 37 heavy (non-hydrogen) atoms. The van der Waals surface area contributed by atoms with Crippen molar-refractivity contribution in [2.24, 2.45) is 23.5 Å². The molecule has 0 aliphatic heterocycles. The number of aliphatic hydroxyl groups is 1. The Morgan fingerprint density at radius 1 is 1.05 bits per heavy atom. The molecular formula is C29H50N2O6. The number of unbranched alkanes of at least 4 members (excludes halogenated alkanes) is 1. The molecule has 1 aromatic rings. The predicted octanol–water partition coefficient (Wildman–Crippen LogP) is 3.79. The number of benzene rings is 1. The number of ether oxygens (including phenoxy) is 3. The number of rotatable bonds is 19. The molecule has 4 N–H and O–H groups in total. The number of carbonyl (C=O) groups is 2. The summed E-state index contributed by atoms with van der Waals surface area (Å²) in [6, 6.07) is 5.91. The molecule has 0 aliphatic carbocycles. The van der Waals surface area contributed by atoms with Crippen LogP contribution in [-0.4, -0.2) is 62.6 Å². The van der Waals surface area contributed by atoms with Crippen LogP contribution in [0.25, 0.3) is 0 Å². The molecule has 0 heterocycles. The molecule has 0 saturated carbocycles. The monoisotopic (exact) mass is 522 g/mol. The van der Waals surface area contributed by atoms with Crippen molar-refractivity contribution in [1.29, 1.82) is 0 Å². The largest absolute Gasteiger partial charge is 0.493 e. The third-order valence-corrected chi connectivity index (χ3v) is 6.73. The molecule has 0 aromatic heterocycles. The lowest BCUT2D eigenvalue weighted by atomic mass is 9.82. The molecule has 0 unspecified atom stereocenters. The SMILES string of the molecule is COCCCOc1cc(C[C@@H](C[C@H](N)[C@@H](O)C[C@@H](C)C(=O)NCCCCOC(C)=O)C(C)C)ccc1C. The molecule has 8 nitrogen and oxygen atoms in total. The highest BCUT2D eigenvalue weighted by molar-refractivity contribution is 5.78. The van der Waals surface area contributed by atoms with Crippen molar-refractivity contribution in [3.8, 4) is 5.75 Å². The molecule has 8 heteroatoms. The van der Waals surface area contributed by atoms with Crippen LogP contribution in [0.3, 0.4) is 0 Å². The topological polar surface area (TPSA) is 120 Å². The first-order valence-electron chi connectivity index (χ1n) is 13.6. The highest BCUT2D eigenvalue weighted by Gasteiger charge is 2.26. The van der Waals surface area contributed by atoms with Gasteiger partial charge in [-0.05, 0) is 68.1 Å². The Balaban J connectivity index is 2.56. The zero-order chi connectivity index (χ0) is 27.8. The van der Waals surface area contributed by atoms with Crippen molar-refractivity contribution in [2.45, 2.75) is 85.3 Å². The number of carbonyl (C=O) groups excluding carboxylic acids is 2. The van der Waals surface area contributed by atoms with Gasteiger partial charge in [-0.2, -0.15) is 0 Å². The molecule has 212 valence electrons. The van der Waals surface area contributed by atoms with Gasteiger partial charge in [0.2, 0.25) is 5.91 Å². The van der Waals surface area contributed by atoms with Gasteiger partial charge in [0.05, 0.1) is 19.3 Å². The van der Waals surface area contributed by atoms with E-state index in [1.54, 1.807) is 7.11 Å². The second-order valence-electron chi connectivity index (χ2n) is 10.4. The number of nitrogens with one attached hydrogen (secondary N) is 1. The highest BCUT2D eigenvalue weighted by Crippen LogP contribution is 2.27. The van der Waals surface area contributed by atoms with Crippen molar-refractivity contribution in [2.75, 3.05) is 33.5 Å². The fraction of sp³-hybridized carbons (Fsp3) is 0.724. The van der Waals surface area contributed by atoms with Gasteiger partial charge in [0, 0.05) is 45.6 Å². The Bertz CT molecular complexity index is 801. The summed E-state index contributed by atoms with van der Waals surface area (Å²) in [7, 11) is 1.69. The normalized spacial score (nSPS) is 14.6. The summed E-state index contributed by atoms with van der Waals surface area (Å²) in [5, 5.41) is 13.7. The number of esters is 1. The van der Waals surface area contributed by atoms with Gasteiger partial charge < -0.3 is 30.4 Å². The van der Waals surface area contributed by atoms with E-state index in [4.69, 9.17) is 19.9 Å². The van der Waals surface area contributed by atoms with E-state index in [0.29, 0.717) is 51.5 Å². The first kappa shape index (κ1) is 32.9. The summed E-state index contributed by atoms with van der Waals surface area (Å²) in [5.41, 5.74) is 8.72. The smallest absolute Gasteiger partial charge is 0.302 e. The van der Waals surface area contributed by atoms with E-state index < -0.39 is 12.1 Å². The number of amides is 1. The zero-order valence-electron chi connectivity index (χ0n) is 23.8. The number of nitrogens with two attached hydrogens (primary N) is 1. The van der Waals surface area contributed by atoms with E-state index in [9.17, 15) is 14.7 Å². The van der Waals surface area contributed by atoms with E-state index in [1.165, 1.54) is 12.5 Å². The molecule has 0 fully saturated rings. The van der Waals surface area contributed by atoms with Crippen molar-refractivity contribution in [3.05, 3.63) is 29.3 Å². The third-order valence-electron chi connectivity index (χ3n) is 6.73. The van der Waals surface area contributed by atoms with Crippen molar-refractivity contribution >= 4 is 11.9 Å². The second kappa shape index (κ2) is 18.2. The van der Waals surface area contributed by atoms with Gasteiger partial charge in [-0.15, -0.1) is 0 Å². The van der Waals surface area contributed by atoms with Gasteiger partial charge in [0.1, 0.15) is 5.75 Å². The summed E-state index contributed by atoms with van der Waals surface area (Å²) in [5.74, 6) is 0.827. The molecule has 0 bridgehead atoms. The molecule has 1 amide bonds. The van der Waals surface area contributed by atoms with E-state index in [1.807, 2.05) is 13.8 Å². The van der Waals surface area contributed by atoms with Crippen molar-refractivity contribution in [1.82, 2.24) is 5.32 Å². The summed E-state index contributed by atoms with van der Waals surface area (Å²) in [4.78, 5) is 23.2. The maximum absolute atomic E-state index is 12.4. The number of aryl methyl sites for hydroxylation is 1. The standard InChI is InChI=1S/C29H50N2O6/c1-20(2)25(17-24-11-10-21(3)28(18-24)37-15-9-13-35-6)19-26(30)27(33)16-22(4)29(34)31-12-7-8-14-36-23(5)32/h10-11,18,20,22,25-27,33H,7-9,12-17,19,30H2,1-6H3,(H,31,34)/t22-,25+,26+,27+/m1/s1. The molecular weight excluding hydrogens is 472 g/mol. The first-order valence-corrected chi connectivity index (χ1v) is 13.6. The van der Waals surface area contributed by atoms with Gasteiger partial charge in [-0.1, -0.05) is 32.9 Å². The Labute approximate surface area is 223 Å². The molecule has 4 atom stereocenters. The van der Waals surface area contributed by atoms with E-state index in [0.717, 1.165) is 30.6 Å². The quantitative estimate of drug-likeness (QED) is 0.187. The van der Waals surface area contributed by atoms with E-state index >= 15 is 0 Å². The minimum atomic E-state index is -0.760. The predicted molar refractivity (Wildman–Crippen MR) is 146 cm³/mol. The Kier molecular flexibility index (Phi) is 16.1. The van der Waals surface area contributed by atoms with Crippen molar-refractivity contribution < 1.29 is 28.9 Å². The second-order valence-corrected chi connectivity index (χ2v) is 10.4. The minimum absolute atomic E-state index is 0.100. The lowest BCUT2D eigenvalue weighted by molar-refractivity contribution is -0.141. The van der Waals surface area contributed by atoms with Crippen LogP contribution in [-0.2, 0) is 25.5 Å². The first-order chi connectivity index (χ1) is 17.5. The zero-order valence-corrected chi connectivity index (χ0v) is 23.8.